The quantitative estimate of drug-likeness (QED) is 0.0800. The van der Waals surface area contributed by atoms with Crippen LogP contribution in [0.2, 0.25) is 0 Å². The van der Waals surface area contributed by atoms with E-state index in [0.717, 1.165) is 15.7 Å². The Labute approximate surface area is 216 Å². The maximum Gasteiger partial charge on any atom is 0.293 e. The summed E-state index contributed by atoms with van der Waals surface area (Å²) < 4.78 is 5.54. The summed E-state index contributed by atoms with van der Waals surface area (Å²) in [5.74, 6) is 0.872. The number of hydrogen-bond acceptors (Lipinski definition) is 6. The minimum Gasteiger partial charge on any atom is -0.468 e. The molecule has 0 aromatic rings. The molecule has 0 aromatic carbocycles. The molecular weight excluding hydrogens is 472 g/mol. The van der Waals surface area contributed by atoms with E-state index in [2.05, 4.69) is 17.1 Å². The van der Waals surface area contributed by atoms with Crippen LogP contribution in [-0.4, -0.2) is 45.1 Å². The third kappa shape index (κ3) is 18.2. The lowest BCUT2D eigenvalue weighted by Gasteiger charge is -2.23. The molecule has 0 heterocycles. The van der Waals surface area contributed by atoms with Gasteiger partial charge in [-0.1, -0.05) is 88.7 Å². The minimum absolute atomic E-state index is 0.0195. The number of carbonyl (C=O) groups is 2. The van der Waals surface area contributed by atoms with E-state index in [1.165, 1.54) is 69.5 Å². The Balaban J connectivity index is 4.41. The summed E-state index contributed by atoms with van der Waals surface area (Å²) in [6, 6.07) is 0.0195. The van der Waals surface area contributed by atoms with Gasteiger partial charge in [0, 0.05) is 19.4 Å². The molecule has 0 aliphatic carbocycles. The molecule has 0 spiro atoms. The SMILES string of the molecule is [C-]#[N+]C(C)(CCOC=O)CC(SC(=S)SCCCCCCCCCCCC)C(=O)NC(C)C. The van der Waals surface area contributed by atoms with Gasteiger partial charge < -0.3 is 14.9 Å². The van der Waals surface area contributed by atoms with Crippen LogP contribution < -0.4 is 5.32 Å². The lowest BCUT2D eigenvalue weighted by molar-refractivity contribution is -0.129. The number of thiocarbonyl (C=S) groups is 1. The van der Waals surface area contributed by atoms with E-state index in [9.17, 15) is 9.59 Å². The zero-order valence-corrected chi connectivity index (χ0v) is 23.5. The van der Waals surface area contributed by atoms with E-state index in [4.69, 9.17) is 23.5 Å². The molecule has 1 N–H and O–H groups in total. The smallest absolute Gasteiger partial charge is 0.293 e. The second-order valence-electron chi connectivity index (χ2n) is 9.08. The molecule has 33 heavy (non-hydrogen) atoms. The standard InChI is InChI=1S/C25H44N2O3S3/c1-6-7-8-9-10-11-12-13-14-15-18-32-24(31)33-22(23(29)27-21(2)3)19-25(4,26-5)16-17-30-20-28/h20-22H,6-19H2,1-4H3,(H,27,29). The molecule has 0 bridgehead atoms. The Bertz CT molecular complexity index is 596. The van der Waals surface area contributed by atoms with Crippen molar-refractivity contribution in [3.05, 3.63) is 11.4 Å². The van der Waals surface area contributed by atoms with Crippen molar-refractivity contribution in [1.82, 2.24) is 5.32 Å². The number of nitrogens with one attached hydrogen (secondary N) is 1. The summed E-state index contributed by atoms with van der Waals surface area (Å²) in [6.07, 6.45) is 13.8. The first kappa shape index (κ1) is 32.2. The van der Waals surface area contributed by atoms with Crippen molar-refractivity contribution in [3.63, 3.8) is 0 Å². The lowest BCUT2D eigenvalue weighted by Crippen LogP contribution is -2.41. The van der Waals surface area contributed by atoms with E-state index in [1.807, 2.05) is 20.8 Å². The highest BCUT2D eigenvalue weighted by molar-refractivity contribution is 8.47. The van der Waals surface area contributed by atoms with Crippen molar-refractivity contribution < 1.29 is 14.3 Å². The molecular formula is C25H44N2O3S3. The van der Waals surface area contributed by atoms with Crippen molar-refractivity contribution in [3.8, 4) is 0 Å². The fourth-order valence-corrected chi connectivity index (χ4v) is 6.22. The van der Waals surface area contributed by atoms with E-state index >= 15 is 0 Å². The van der Waals surface area contributed by atoms with Crippen LogP contribution in [0.4, 0.5) is 0 Å². The molecule has 2 atom stereocenters. The van der Waals surface area contributed by atoms with Crippen molar-refractivity contribution in [2.75, 3.05) is 12.4 Å². The fraction of sp³-hybridized carbons (Fsp3) is 0.840. The van der Waals surface area contributed by atoms with E-state index in [-0.39, 0.29) is 18.6 Å². The monoisotopic (exact) mass is 516 g/mol. The average Bonchev–Trinajstić information content (AvgIpc) is 2.76. The highest BCUT2D eigenvalue weighted by Crippen LogP contribution is 2.32. The third-order valence-corrected chi connectivity index (χ3v) is 8.27. The molecule has 0 aliphatic heterocycles. The molecule has 1 amide bonds. The van der Waals surface area contributed by atoms with Crippen LogP contribution in [0.5, 0.6) is 0 Å². The highest BCUT2D eigenvalue weighted by Gasteiger charge is 2.37. The van der Waals surface area contributed by atoms with Gasteiger partial charge in [0.15, 0.2) is 0 Å². The van der Waals surface area contributed by atoms with Crippen molar-refractivity contribution in [2.24, 2.45) is 0 Å². The molecule has 0 radical (unpaired) electrons. The number of hydrogen-bond donors (Lipinski definition) is 1. The van der Waals surface area contributed by atoms with Gasteiger partial charge in [0.25, 0.3) is 6.47 Å². The minimum atomic E-state index is -0.786. The highest BCUT2D eigenvalue weighted by atomic mass is 32.2. The van der Waals surface area contributed by atoms with Gasteiger partial charge in [0.05, 0.1) is 18.3 Å². The topological polar surface area (TPSA) is 59.8 Å². The Morgan fingerprint density at radius 2 is 1.70 bits per heavy atom. The van der Waals surface area contributed by atoms with Gasteiger partial charge in [-0.05, 0) is 26.0 Å². The number of ether oxygens (including phenoxy) is 1. The first-order valence-electron chi connectivity index (χ1n) is 12.4. The van der Waals surface area contributed by atoms with E-state index in [0.29, 0.717) is 19.3 Å². The number of amides is 1. The van der Waals surface area contributed by atoms with Crippen molar-refractivity contribution >= 4 is 51.6 Å². The van der Waals surface area contributed by atoms with Crippen molar-refractivity contribution in [1.29, 1.82) is 0 Å². The van der Waals surface area contributed by atoms with Crippen LogP contribution in [0, 0.1) is 6.57 Å². The van der Waals surface area contributed by atoms with Crippen LogP contribution in [0.15, 0.2) is 0 Å². The molecule has 8 heteroatoms. The van der Waals surface area contributed by atoms with Crippen LogP contribution in [0.3, 0.4) is 0 Å². The molecule has 0 fully saturated rings. The maximum atomic E-state index is 12.8. The Morgan fingerprint density at radius 3 is 2.21 bits per heavy atom. The van der Waals surface area contributed by atoms with Gasteiger partial charge in [-0.3, -0.25) is 9.59 Å². The van der Waals surface area contributed by atoms with Crippen LogP contribution >= 0.6 is 35.7 Å². The second kappa shape index (κ2) is 20.6. The summed E-state index contributed by atoms with van der Waals surface area (Å²) in [4.78, 5) is 27.0. The van der Waals surface area contributed by atoms with E-state index in [1.54, 1.807) is 11.8 Å². The second-order valence-corrected chi connectivity index (χ2v) is 12.6. The zero-order chi connectivity index (χ0) is 25.0. The molecule has 0 aromatic heterocycles. The Morgan fingerprint density at radius 1 is 1.12 bits per heavy atom. The number of carbonyl (C=O) groups excluding carboxylic acids is 2. The molecule has 2 unspecified atom stereocenters. The van der Waals surface area contributed by atoms with Crippen LogP contribution in [0.25, 0.3) is 4.85 Å². The number of rotatable bonds is 20. The summed E-state index contributed by atoms with van der Waals surface area (Å²) in [7, 11) is 0. The summed E-state index contributed by atoms with van der Waals surface area (Å²) in [5, 5.41) is 2.52. The average molecular weight is 517 g/mol. The van der Waals surface area contributed by atoms with Crippen LogP contribution in [0.1, 0.15) is 105 Å². The van der Waals surface area contributed by atoms with E-state index < -0.39 is 10.8 Å². The first-order chi connectivity index (χ1) is 15.8. The molecule has 190 valence electrons. The molecule has 5 nitrogen and oxygen atoms in total. The Hall–Kier alpha value is -0.780. The first-order valence-corrected chi connectivity index (χ1v) is 14.6. The number of unbranched alkanes of at least 4 members (excludes halogenated alkanes) is 9. The van der Waals surface area contributed by atoms with Gasteiger partial charge in [0.1, 0.15) is 3.53 Å². The van der Waals surface area contributed by atoms with Crippen molar-refractivity contribution in [2.45, 2.75) is 122 Å². The van der Waals surface area contributed by atoms with Gasteiger partial charge in [-0.15, -0.1) is 11.8 Å². The molecule has 0 rings (SSSR count). The number of thioether (sulfide) groups is 2. The summed E-state index contributed by atoms with van der Waals surface area (Å²) >= 11 is 8.59. The van der Waals surface area contributed by atoms with Gasteiger partial charge >= 0.3 is 0 Å². The number of nitrogens with zero attached hydrogens (tertiary/aromatic N) is 1. The maximum absolute atomic E-state index is 12.8. The van der Waals surface area contributed by atoms with Gasteiger partial charge in [-0.2, -0.15) is 0 Å². The predicted octanol–water partition coefficient (Wildman–Crippen LogP) is 7.18. The molecule has 0 saturated heterocycles. The molecule has 0 saturated carbocycles. The lowest BCUT2D eigenvalue weighted by atomic mass is 9.92. The zero-order valence-electron chi connectivity index (χ0n) is 21.0. The van der Waals surface area contributed by atoms with Gasteiger partial charge in [0.2, 0.25) is 11.4 Å². The fourth-order valence-electron chi connectivity index (χ4n) is 3.39. The third-order valence-electron chi connectivity index (χ3n) is 5.40. The van der Waals surface area contributed by atoms with Gasteiger partial charge in [-0.25, -0.2) is 6.57 Å². The largest absolute Gasteiger partial charge is 0.468 e. The summed E-state index contributed by atoms with van der Waals surface area (Å²) in [5.41, 5.74) is -0.786. The normalized spacial score (nSPS) is 13.7. The van der Waals surface area contributed by atoms with Crippen LogP contribution in [-0.2, 0) is 14.3 Å². The Kier molecular flexibility index (Phi) is 20.1. The predicted molar refractivity (Wildman–Crippen MR) is 148 cm³/mol. The molecule has 0 aliphatic rings. The summed E-state index contributed by atoms with van der Waals surface area (Å²) in [6.45, 7) is 16.1.